The zero-order valence-electron chi connectivity index (χ0n) is 11.7. The van der Waals surface area contributed by atoms with Crippen LogP contribution < -0.4 is 0 Å². The lowest BCUT2D eigenvalue weighted by molar-refractivity contribution is 1.48. The summed E-state index contributed by atoms with van der Waals surface area (Å²) in [4.78, 5) is 0. The molecule has 0 saturated carbocycles. The predicted octanol–water partition coefficient (Wildman–Crippen LogP) is 5.82. The third-order valence-corrected chi connectivity index (χ3v) is 3.74. The van der Waals surface area contributed by atoms with Crippen molar-refractivity contribution in [1.29, 1.82) is 0 Å². The number of hydrogen-bond donors (Lipinski definition) is 0. The summed E-state index contributed by atoms with van der Waals surface area (Å²) in [5.41, 5.74) is 6.95. The SMILES string of the molecule is CC.Cc1cccc2c1-c1cccc3cccc-2c13. The Hall–Kier alpha value is -2.08. The molecule has 0 nitrogen and oxygen atoms in total. The Bertz CT molecular complexity index is 746. The number of aryl methyl sites for hydroxylation is 1. The van der Waals surface area contributed by atoms with Gasteiger partial charge in [0.15, 0.2) is 0 Å². The highest BCUT2D eigenvalue weighted by Gasteiger charge is 2.21. The molecule has 0 radical (unpaired) electrons. The highest BCUT2D eigenvalue weighted by molar-refractivity contribution is 6.15. The highest BCUT2D eigenvalue weighted by atomic mass is 14.2. The second-order valence-corrected chi connectivity index (χ2v) is 4.71. The third-order valence-electron chi connectivity index (χ3n) is 3.74. The first-order valence-electron chi connectivity index (χ1n) is 6.98. The van der Waals surface area contributed by atoms with Crippen LogP contribution in [0.4, 0.5) is 0 Å². The molecule has 1 aliphatic rings. The molecule has 4 rings (SSSR count). The molecule has 0 spiro atoms. The van der Waals surface area contributed by atoms with Gasteiger partial charge in [0.2, 0.25) is 0 Å². The van der Waals surface area contributed by atoms with Crippen molar-refractivity contribution in [3.63, 3.8) is 0 Å². The molecule has 0 saturated heterocycles. The van der Waals surface area contributed by atoms with Crippen LogP contribution in [0.2, 0.25) is 0 Å². The monoisotopic (exact) mass is 246 g/mol. The van der Waals surface area contributed by atoms with Gasteiger partial charge in [0.1, 0.15) is 0 Å². The standard InChI is InChI=1S/C17H12.C2H6/c1-11-5-2-8-13-14-9-3-6-12-7-4-10-15(16(11)13)17(12)14;1-2/h2-10H,1H3;1-2H3. The summed E-state index contributed by atoms with van der Waals surface area (Å²) in [6.45, 7) is 6.20. The molecule has 0 bridgehead atoms. The summed E-state index contributed by atoms with van der Waals surface area (Å²) in [7, 11) is 0. The van der Waals surface area contributed by atoms with E-state index in [9.17, 15) is 0 Å². The molecule has 1 aliphatic carbocycles. The van der Waals surface area contributed by atoms with Crippen LogP contribution >= 0.6 is 0 Å². The van der Waals surface area contributed by atoms with Crippen molar-refractivity contribution in [3.8, 4) is 22.3 Å². The van der Waals surface area contributed by atoms with E-state index in [2.05, 4.69) is 61.5 Å². The molecule has 19 heavy (non-hydrogen) atoms. The molecule has 0 aliphatic heterocycles. The van der Waals surface area contributed by atoms with Gasteiger partial charge in [-0.1, -0.05) is 68.4 Å². The van der Waals surface area contributed by atoms with Crippen LogP contribution in [0.5, 0.6) is 0 Å². The summed E-state index contributed by atoms with van der Waals surface area (Å²) in [6, 6.07) is 19.8. The van der Waals surface area contributed by atoms with Crippen molar-refractivity contribution in [2.24, 2.45) is 0 Å². The molecule has 0 N–H and O–H groups in total. The van der Waals surface area contributed by atoms with Crippen LogP contribution in [0.15, 0.2) is 54.6 Å². The molecule has 3 aromatic rings. The van der Waals surface area contributed by atoms with Gasteiger partial charge in [-0.05, 0) is 45.5 Å². The Morgan fingerprint density at radius 1 is 0.632 bits per heavy atom. The predicted molar refractivity (Wildman–Crippen MR) is 84.5 cm³/mol. The van der Waals surface area contributed by atoms with Crippen LogP contribution in [-0.4, -0.2) is 0 Å². The fraction of sp³-hybridized carbons (Fsp3) is 0.158. The molecule has 0 heterocycles. The van der Waals surface area contributed by atoms with E-state index in [1.54, 1.807) is 0 Å². The molecule has 0 amide bonds. The first kappa shape index (κ1) is 12.0. The van der Waals surface area contributed by atoms with Gasteiger partial charge in [-0.2, -0.15) is 0 Å². The average Bonchev–Trinajstić information content (AvgIpc) is 2.80. The summed E-state index contributed by atoms with van der Waals surface area (Å²) in [6.07, 6.45) is 0. The Balaban J connectivity index is 0.000000528. The van der Waals surface area contributed by atoms with Gasteiger partial charge in [0, 0.05) is 0 Å². The minimum absolute atomic E-state index is 1.34. The van der Waals surface area contributed by atoms with Crippen molar-refractivity contribution in [2.75, 3.05) is 0 Å². The second-order valence-electron chi connectivity index (χ2n) is 4.71. The smallest absolute Gasteiger partial charge is 0.00263 e. The van der Waals surface area contributed by atoms with Crippen molar-refractivity contribution in [2.45, 2.75) is 20.8 Å². The van der Waals surface area contributed by atoms with Crippen LogP contribution in [-0.2, 0) is 0 Å². The van der Waals surface area contributed by atoms with Crippen LogP contribution in [0, 0.1) is 6.92 Å². The lowest BCUT2D eigenvalue weighted by Crippen LogP contribution is -1.80. The van der Waals surface area contributed by atoms with Gasteiger partial charge in [-0.15, -0.1) is 0 Å². The Morgan fingerprint density at radius 3 is 1.95 bits per heavy atom. The van der Waals surface area contributed by atoms with Crippen molar-refractivity contribution in [1.82, 2.24) is 0 Å². The number of hydrogen-bond acceptors (Lipinski definition) is 0. The average molecular weight is 246 g/mol. The van der Waals surface area contributed by atoms with E-state index in [1.165, 1.54) is 38.6 Å². The molecule has 0 heteroatoms. The molecule has 3 aromatic carbocycles. The molecular formula is C19H18. The fourth-order valence-corrected chi connectivity index (χ4v) is 3.02. The second kappa shape index (κ2) is 4.55. The van der Waals surface area contributed by atoms with E-state index in [0.29, 0.717) is 0 Å². The number of fused-ring (bicyclic) bond motifs is 3. The van der Waals surface area contributed by atoms with Gasteiger partial charge in [0.25, 0.3) is 0 Å². The van der Waals surface area contributed by atoms with Gasteiger partial charge in [-0.3, -0.25) is 0 Å². The van der Waals surface area contributed by atoms with E-state index < -0.39 is 0 Å². The minimum Gasteiger partial charge on any atom is -0.0683 e. The zero-order valence-corrected chi connectivity index (χ0v) is 11.7. The number of benzene rings is 3. The Labute approximate surface area is 114 Å². The summed E-state index contributed by atoms with van der Waals surface area (Å²) >= 11 is 0. The molecular weight excluding hydrogens is 228 g/mol. The van der Waals surface area contributed by atoms with Crippen molar-refractivity contribution >= 4 is 10.8 Å². The molecule has 0 fully saturated rings. The van der Waals surface area contributed by atoms with Gasteiger partial charge in [0.05, 0.1) is 0 Å². The lowest BCUT2D eigenvalue weighted by atomic mass is 9.99. The van der Waals surface area contributed by atoms with E-state index in [0.717, 1.165) is 0 Å². The van der Waals surface area contributed by atoms with E-state index in [4.69, 9.17) is 0 Å². The Kier molecular flexibility index (Phi) is 2.87. The highest BCUT2D eigenvalue weighted by Crippen LogP contribution is 2.48. The summed E-state index contributed by atoms with van der Waals surface area (Å²) in [5, 5.41) is 2.76. The van der Waals surface area contributed by atoms with E-state index in [-0.39, 0.29) is 0 Å². The quantitative estimate of drug-likeness (QED) is 0.366. The summed E-state index contributed by atoms with van der Waals surface area (Å²) < 4.78 is 0. The van der Waals surface area contributed by atoms with E-state index in [1.807, 2.05) is 13.8 Å². The maximum absolute atomic E-state index is 2.24. The fourth-order valence-electron chi connectivity index (χ4n) is 3.02. The number of rotatable bonds is 0. The molecule has 0 atom stereocenters. The van der Waals surface area contributed by atoms with Gasteiger partial charge < -0.3 is 0 Å². The maximum Gasteiger partial charge on any atom is -0.00263 e. The van der Waals surface area contributed by atoms with Gasteiger partial charge in [-0.25, -0.2) is 0 Å². The third kappa shape index (κ3) is 1.60. The topological polar surface area (TPSA) is 0 Å². The van der Waals surface area contributed by atoms with Crippen LogP contribution in [0.3, 0.4) is 0 Å². The molecule has 0 aromatic heterocycles. The first-order valence-corrected chi connectivity index (χ1v) is 6.98. The van der Waals surface area contributed by atoms with Crippen molar-refractivity contribution < 1.29 is 0 Å². The van der Waals surface area contributed by atoms with Gasteiger partial charge >= 0.3 is 0 Å². The molecule has 94 valence electrons. The minimum atomic E-state index is 1.34. The van der Waals surface area contributed by atoms with Crippen LogP contribution in [0.1, 0.15) is 19.4 Å². The first-order chi connectivity index (χ1) is 9.36. The van der Waals surface area contributed by atoms with E-state index >= 15 is 0 Å². The maximum atomic E-state index is 2.24. The largest absolute Gasteiger partial charge is 0.0683 e. The Morgan fingerprint density at radius 2 is 1.21 bits per heavy atom. The zero-order chi connectivity index (χ0) is 13.4. The van der Waals surface area contributed by atoms with Crippen molar-refractivity contribution in [3.05, 3.63) is 60.2 Å². The van der Waals surface area contributed by atoms with Crippen LogP contribution in [0.25, 0.3) is 33.0 Å². The molecule has 0 unspecified atom stereocenters. The normalized spacial score (nSPS) is 10.9. The summed E-state index contributed by atoms with van der Waals surface area (Å²) in [5.74, 6) is 0. The lowest BCUT2D eigenvalue weighted by Gasteiger charge is -2.04.